The molecular formula is C58H36O. The van der Waals surface area contributed by atoms with Gasteiger partial charge in [0.05, 0.1) is 0 Å². The van der Waals surface area contributed by atoms with Crippen LogP contribution in [0.4, 0.5) is 0 Å². The van der Waals surface area contributed by atoms with E-state index in [9.17, 15) is 0 Å². The van der Waals surface area contributed by atoms with Crippen LogP contribution in [0.2, 0.25) is 0 Å². The minimum Gasteiger partial charge on any atom is -0.455 e. The number of hydrogen-bond donors (Lipinski definition) is 0. The normalized spacial score (nSPS) is 11.7. The van der Waals surface area contributed by atoms with Gasteiger partial charge >= 0.3 is 0 Å². The zero-order valence-electron chi connectivity index (χ0n) is 32.2. The molecule has 0 N–H and O–H groups in total. The molecule has 1 nitrogen and oxygen atoms in total. The molecule has 12 rings (SSSR count). The molecule has 1 heteroatoms. The van der Waals surface area contributed by atoms with Crippen LogP contribution in [0.25, 0.3) is 121 Å². The van der Waals surface area contributed by atoms with E-state index in [2.05, 4.69) is 218 Å². The summed E-state index contributed by atoms with van der Waals surface area (Å²) in [4.78, 5) is 0. The van der Waals surface area contributed by atoms with Gasteiger partial charge in [-0.2, -0.15) is 0 Å². The third-order valence-corrected chi connectivity index (χ3v) is 12.2. The lowest BCUT2D eigenvalue weighted by molar-refractivity contribution is 0.670. The van der Waals surface area contributed by atoms with Crippen LogP contribution in [0.15, 0.2) is 223 Å². The maximum absolute atomic E-state index is 7.09. The largest absolute Gasteiger partial charge is 0.455 e. The zero-order chi connectivity index (χ0) is 38.9. The van der Waals surface area contributed by atoms with Crippen molar-refractivity contribution >= 4 is 65.0 Å². The highest BCUT2D eigenvalue weighted by atomic mass is 16.3. The molecule has 0 atom stereocenters. The van der Waals surface area contributed by atoms with Crippen molar-refractivity contribution in [2.75, 3.05) is 0 Å². The summed E-state index contributed by atoms with van der Waals surface area (Å²) in [6.07, 6.45) is 0. The molecule has 1 heterocycles. The first-order valence-corrected chi connectivity index (χ1v) is 20.3. The summed E-state index contributed by atoms with van der Waals surface area (Å²) >= 11 is 0. The molecule has 0 spiro atoms. The van der Waals surface area contributed by atoms with E-state index in [-0.39, 0.29) is 0 Å². The fraction of sp³-hybridized carbons (Fsp3) is 0. The quantitative estimate of drug-likeness (QED) is 0.160. The van der Waals surface area contributed by atoms with Gasteiger partial charge in [0.1, 0.15) is 11.2 Å². The first-order chi connectivity index (χ1) is 29.3. The molecule has 0 aliphatic rings. The summed E-state index contributed by atoms with van der Waals surface area (Å²) in [5.41, 5.74) is 13.8. The van der Waals surface area contributed by atoms with E-state index in [0.717, 1.165) is 27.5 Å². The third-order valence-electron chi connectivity index (χ3n) is 12.2. The van der Waals surface area contributed by atoms with E-state index in [1.165, 1.54) is 93.2 Å². The van der Waals surface area contributed by atoms with Crippen LogP contribution in [0, 0.1) is 0 Å². The van der Waals surface area contributed by atoms with Gasteiger partial charge in [0.15, 0.2) is 0 Å². The second-order valence-electron chi connectivity index (χ2n) is 15.5. The van der Waals surface area contributed by atoms with E-state index < -0.39 is 0 Å². The molecule has 12 aromatic rings. The fourth-order valence-electron chi connectivity index (χ4n) is 9.80. The number of fused-ring (bicyclic) bond motifs is 7. The van der Waals surface area contributed by atoms with Gasteiger partial charge in [0.25, 0.3) is 0 Å². The van der Waals surface area contributed by atoms with Crippen LogP contribution in [-0.2, 0) is 0 Å². The van der Waals surface area contributed by atoms with E-state index in [0.29, 0.717) is 0 Å². The van der Waals surface area contributed by atoms with Crippen LogP contribution in [0.3, 0.4) is 0 Å². The monoisotopic (exact) mass is 748 g/mol. The Hall–Kier alpha value is -7.74. The molecule has 0 radical (unpaired) electrons. The van der Waals surface area contributed by atoms with Crippen LogP contribution < -0.4 is 0 Å². The average molecular weight is 749 g/mol. The summed E-state index contributed by atoms with van der Waals surface area (Å²) in [7, 11) is 0. The van der Waals surface area contributed by atoms with Crippen molar-refractivity contribution in [3.05, 3.63) is 218 Å². The molecule has 0 saturated carbocycles. The van der Waals surface area contributed by atoms with Gasteiger partial charge in [-0.05, 0) is 99.7 Å². The number of rotatable bonds is 5. The van der Waals surface area contributed by atoms with E-state index in [1.54, 1.807) is 0 Å². The van der Waals surface area contributed by atoms with Gasteiger partial charge in [0.2, 0.25) is 0 Å². The minimum absolute atomic E-state index is 0.883. The lowest BCUT2D eigenvalue weighted by atomic mass is 9.84. The maximum Gasteiger partial charge on any atom is 0.143 e. The second-order valence-corrected chi connectivity index (χ2v) is 15.5. The number of hydrogen-bond acceptors (Lipinski definition) is 1. The van der Waals surface area contributed by atoms with Crippen LogP contribution in [-0.4, -0.2) is 0 Å². The maximum atomic E-state index is 7.09. The Morgan fingerprint density at radius 1 is 0.237 bits per heavy atom. The van der Waals surface area contributed by atoms with Crippen molar-refractivity contribution in [2.24, 2.45) is 0 Å². The Bertz CT molecular complexity index is 3480. The Balaban J connectivity index is 1.14. The summed E-state index contributed by atoms with van der Waals surface area (Å²) < 4.78 is 7.09. The minimum atomic E-state index is 0.883. The standard InChI is InChI=1S/C58H36O/c1-3-18-37(19-4-1)39-22-15-23-40(36-39)54-43-26-9-13-30-47(43)56(48-31-14-10-27-44(48)54)50-33-16-34-51-57-49(32-17-35-52(57)59-58(50)51)55-45-28-11-7-24-41(45)53(38-20-5-2-6-21-38)42-25-8-12-29-46(42)55/h1-36H. The highest BCUT2D eigenvalue weighted by Gasteiger charge is 2.23. The van der Waals surface area contributed by atoms with Crippen LogP contribution >= 0.6 is 0 Å². The summed E-state index contributed by atoms with van der Waals surface area (Å²) in [6, 6.07) is 79.2. The molecule has 0 unspecified atom stereocenters. The predicted octanol–water partition coefficient (Wildman–Crippen LogP) is 16.5. The molecule has 11 aromatic carbocycles. The topological polar surface area (TPSA) is 13.1 Å². The molecule has 274 valence electrons. The predicted molar refractivity (Wildman–Crippen MR) is 251 cm³/mol. The summed E-state index contributed by atoms with van der Waals surface area (Å²) in [5.74, 6) is 0. The van der Waals surface area contributed by atoms with Crippen molar-refractivity contribution in [1.82, 2.24) is 0 Å². The SMILES string of the molecule is c1ccc(-c2cccc(-c3c4ccccc4c(-c4cccc5c4oc4cccc(-c6c7ccccc7c(-c7ccccc7)c7ccccc67)c45)c4ccccc34)c2)cc1. The Morgan fingerprint density at radius 2 is 0.610 bits per heavy atom. The van der Waals surface area contributed by atoms with Crippen LogP contribution in [0.5, 0.6) is 0 Å². The van der Waals surface area contributed by atoms with Crippen LogP contribution in [0.1, 0.15) is 0 Å². The highest BCUT2D eigenvalue weighted by Crippen LogP contribution is 2.50. The second kappa shape index (κ2) is 13.4. The lowest BCUT2D eigenvalue weighted by Gasteiger charge is -2.18. The van der Waals surface area contributed by atoms with Gasteiger partial charge in [-0.1, -0.05) is 206 Å². The van der Waals surface area contributed by atoms with E-state index in [1.807, 2.05) is 0 Å². The lowest BCUT2D eigenvalue weighted by Crippen LogP contribution is -1.92. The molecule has 0 aliphatic carbocycles. The van der Waals surface area contributed by atoms with E-state index >= 15 is 0 Å². The van der Waals surface area contributed by atoms with E-state index in [4.69, 9.17) is 4.42 Å². The van der Waals surface area contributed by atoms with Gasteiger partial charge in [-0.3, -0.25) is 0 Å². The summed E-state index contributed by atoms with van der Waals surface area (Å²) in [6.45, 7) is 0. The molecule has 0 bridgehead atoms. The molecule has 0 aliphatic heterocycles. The Labute approximate surface area is 342 Å². The molecule has 1 aromatic heterocycles. The van der Waals surface area contributed by atoms with Crippen molar-refractivity contribution in [1.29, 1.82) is 0 Å². The van der Waals surface area contributed by atoms with Gasteiger partial charge in [0, 0.05) is 21.9 Å². The first kappa shape index (κ1) is 33.4. The van der Waals surface area contributed by atoms with Crippen molar-refractivity contribution < 1.29 is 4.42 Å². The fourth-order valence-corrected chi connectivity index (χ4v) is 9.80. The van der Waals surface area contributed by atoms with Gasteiger partial charge in [-0.25, -0.2) is 0 Å². The zero-order valence-corrected chi connectivity index (χ0v) is 32.2. The Morgan fingerprint density at radius 3 is 1.17 bits per heavy atom. The van der Waals surface area contributed by atoms with Crippen molar-refractivity contribution in [2.45, 2.75) is 0 Å². The number of benzene rings is 11. The molecule has 0 saturated heterocycles. The van der Waals surface area contributed by atoms with Crippen molar-refractivity contribution in [3.63, 3.8) is 0 Å². The third kappa shape index (κ3) is 5.18. The number of furan rings is 1. The molecular weight excluding hydrogens is 713 g/mol. The highest BCUT2D eigenvalue weighted by molar-refractivity contribution is 6.28. The van der Waals surface area contributed by atoms with Gasteiger partial charge < -0.3 is 4.42 Å². The molecule has 0 amide bonds. The molecule has 0 fully saturated rings. The van der Waals surface area contributed by atoms with Gasteiger partial charge in [-0.15, -0.1) is 0 Å². The first-order valence-electron chi connectivity index (χ1n) is 20.3. The molecule has 59 heavy (non-hydrogen) atoms. The van der Waals surface area contributed by atoms with Crippen molar-refractivity contribution in [3.8, 4) is 55.6 Å². The average Bonchev–Trinajstić information content (AvgIpc) is 3.70. The Kier molecular flexibility index (Phi) is 7.61. The summed E-state index contributed by atoms with van der Waals surface area (Å²) in [5, 5.41) is 12.0. The smallest absolute Gasteiger partial charge is 0.143 e. The number of para-hydroxylation sites is 1.